The molecule has 0 aliphatic rings. The van der Waals surface area contributed by atoms with Crippen LogP contribution in [0.25, 0.3) is 6.08 Å². The SMILES string of the molecule is COc1ccc(NC(=O)C=Cc2ccc(OC(C)C)c(OC)c2)cn1. The van der Waals surface area contributed by atoms with Gasteiger partial charge in [0.05, 0.1) is 32.2 Å². The van der Waals surface area contributed by atoms with Gasteiger partial charge in [0.25, 0.3) is 0 Å². The molecule has 1 N–H and O–H groups in total. The summed E-state index contributed by atoms with van der Waals surface area (Å²) >= 11 is 0. The second kappa shape index (κ2) is 8.73. The Labute approximate surface area is 147 Å². The summed E-state index contributed by atoms with van der Waals surface area (Å²) < 4.78 is 16.0. The second-order valence-electron chi connectivity index (χ2n) is 5.49. The van der Waals surface area contributed by atoms with E-state index in [0.29, 0.717) is 23.1 Å². The molecular formula is C19H22N2O4. The quantitative estimate of drug-likeness (QED) is 0.780. The van der Waals surface area contributed by atoms with E-state index < -0.39 is 0 Å². The molecule has 1 heterocycles. The number of hydrogen-bond donors (Lipinski definition) is 1. The molecule has 6 heteroatoms. The van der Waals surface area contributed by atoms with E-state index in [1.165, 1.54) is 19.4 Å². The average molecular weight is 342 g/mol. The lowest BCUT2D eigenvalue weighted by molar-refractivity contribution is -0.111. The van der Waals surface area contributed by atoms with Crippen LogP contribution < -0.4 is 19.5 Å². The molecule has 1 aromatic heterocycles. The summed E-state index contributed by atoms with van der Waals surface area (Å²) in [5, 5.41) is 2.73. The van der Waals surface area contributed by atoms with Gasteiger partial charge in [0.15, 0.2) is 11.5 Å². The van der Waals surface area contributed by atoms with Crippen LogP contribution in [0.1, 0.15) is 19.4 Å². The number of rotatable bonds is 7. The summed E-state index contributed by atoms with van der Waals surface area (Å²) in [6.07, 6.45) is 4.74. The van der Waals surface area contributed by atoms with Gasteiger partial charge < -0.3 is 19.5 Å². The summed E-state index contributed by atoms with van der Waals surface area (Å²) in [5.74, 6) is 1.52. The highest BCUT2D eigenvalue weighted by Crippen LogP contribution is 2.29. The number of carbonyl (C=O) groups excluding carboxylic acids is 1. The maximum atomic E-state index is 12.0. The molecule has 0 fully saturated rings. The van der Waals surface area contributed by atoms with Crippen molar-refractivity contribution < 1.29 is 19.0 Å². The zero-order valence-electron chi connectivity index (χ0n) is 14.8. The van der Waals surface area contributed by atoms with E-state index in [2.05, 4.69) is 10.3 Å². The van der Waals surface area contributed by atoms with Crippen molar-refractivity contribution in [2.24, 2.45) is 0 Å². The predicted molar refractivity (Wildman–Crippen MR) is 97.2 cm³/mol. The van der Waals surface area contributed by atoms with Crippen LogP contribution in [-0.4, -0.2) is 31.2 Å². The molecule has 25 heavy (non-hydrogen) atoms. The first-order valence-electron chi connectivity index (χ1n) is 7.85. The van der Waals surface area contributed by atoms with Crippen LogP contribution in [-0.2, 0) is 4.79 Å². The standard InChI is InChI=1S/C19H22N2O4/c1-13(2)25-16-8-5-14(11-17(16)23-3)6-9-18(22)21-15-7-10-19(24-4)20-12-15/h5-13H,1-4H3,(H,21,22). The number of aromatic nitrogens is 1. The van der Waals surface area contributed by atoms with E-state index in [1.807, 2.05) is 32.0 Å². The van der Waals surface area contributed by atoms with Crippen LogP contribution >= 0.6 is 0 Å². The molecule has 132 valence electrons. The Morgan fingerprint density at radius 3 is 2.52 bits per heavy atom. The first-order chi connectivity index (χ1) is 12.0. The predicted octanol–water partition coefficient (Wildman–Crippen LogP) is 3.54. The van der Waals surface area contributed by atoms with E-state index >= 15 is 0 Å². The molecule has 1 aromatic carbocycles. The number of pyridine rings is 1. The zero-order chi connectivity index (χ0) is 18.2. The van der Waals surface area contributed by atoms with Gasteiger partial charge in [-0.1, -0.05) is 6.07 Å². The molecule has 2 rings (SSSR count). The van der Waals surface area contributed by atoms with E-state index in [4.69, 9.17) is 14.2 Å². The van der Waals surface area contributed by atoms with Gasteiger partial charge in [-0.2, -0.15) is 0 Å². The maximum absolute atomic E-state index is 12.0. The maximum Gasteiger partial charge on any atom is 0.248 e. The fraction of sp³-hybridized carbons (Fsp3) is 0.263. The highest BCUT2D eigenvalue weighted by Gasteiger charge is 2.07. The van der Waals surface area contributed by atoms with Crippen molar-refractivity contribution in [2.45, 2.75) is 20.0 Å². The van der Waals surface area contributed by atoms with Gasteiger partial charge in [-0.15, -0.1) is 0 Å². The highest BCUT2D eigenvalue weighted by molar-refractivity contribution is 6.01. The van der Waals surface area contributed by atoms with Crippen LogP contribution in [0.4, 0.5) is 5.69 Å². The summed E-state index contributed by atoms with van der Waals surface area (Å²) in [5.41, 5.74) is 1.42. The van der Waals surface area contributed by atoms with Crippen molar-refractivity contribution in [3.8, 4) is 17.4 Å². The molecule has 0 aliphatic heterocycles. The Bertz CT molecular complexity index is 740. The summed E-state index contributed by atoms with van der Waals surface area (Å²) in [7, 11) is 3.12. The number of anilines is 1. The summed E-state index contributed by atoms with van der Waals surface area (Å²) in [6, 6.07) is 8.90. The molecule has 0 atom stereocenters. The fourth-order valence-corrected chi connectivity index (χ4v) is 2.07. The molecule has 0 bridgehead atoms. The van der Waals surface area contributed by atoms with Crippen molar-refractivity contribution >= 4 is 17.7 Å². The van der Waals surface area contributed by atoms with Gasteiger partial charge in [-0.3, -0.25) is 4.79 Å². The second-order valence-corrected chi connectivity index (χ2v) is 5.49. The van der Waals surface area contributed by atoms with E-state index in [1.54, 1.807) is 25.3 Å². The third-order valence-corrected chi connectivity index (χ3v) is 3.19. The minimum Gasteiger partial charge on any atom is -0.493 e. The molecule has 0 unspecified atom stereocenters. The molecule has 6 nitrogen and oxygen atoms in total. The lowest BCUT2D eigenvalue weighted by Gasteiger charge is -2.13. The fourth-order valence-electron chi connectivity index (χ4n) is 2.07. The lowest BCUT2D eigenvalue weighted by atomic mass is 10.2. The Kier molecular flexibility index (Phi) is 6.39. The van der Waals surface area contributed by atoms with Crippen molar-refractivity contribution in [1.82, 2.24) is 4.98 Å². The number of ether oxygens (including phenoxy) is 3. The Balaban J connectivity index is 2.03. The Morgan fingerprint density at radius 1 is 1.12 bits per heavy atom. The minimum absolute atomic E-state index is 0.0548. The van der Waals surface area contributed by atoms with Crippen LogP contribution in [0.15, 0.2) is 42.6 Å². The van der Waals surface area contributed by atoms with E-state index in [0.717, 1.165) is 5.56 Å². The van der Waals surface area contributed by atoms with Crippen molar-refractivity contribution in [1.29, 1.82) is 0 Å². The molecule has 0 saturated carbocycles. The molecule has 0 aliphatic carbocycles. The molecule has 0 saturated heterocycles. The van der Waals surface area contributed by atoms with Crippen molar-refractivity contribution in [2.75, 3.05) is 19.5 Å². The third kappa shape index (κ3) is 5.53. The van der Waals surface area contributed by atoms with Crippen molar-refractivity contribution in [3.05, 3.63) is 48.2 Å². The summed E-state index contributed by atoms with van der Waals surface area (Å²) in [6.45, 7) is 3.90. The Morgan fingerprint density at radius 2 is 1.92 bits per heavy atom. The van der Waals surface area contributed by atoms with Crippen LogP contribution in [0.3, 0.4) is 0 Å². The minimum atomic E-state index is -0.256. The van der Waals surface area contributed by atoms with Gasteiger partial charge >= 0.3 is 0 Å². The van der Waals surface area contributed by atoms with Gasteiger partial charge in [0, 0.05) is 12.1 Å². The largest absolute Gasteiger partial charge is 0.493 e. The summed E-state index contributed by atoms with van der Waals surface area (Å²) in [4.78, 5) is 16.0. The van der Waals surface area contributed by atoms with Crippen LogP contribution in [0.2, 0.25) is 0 Å². The zero-order valence-corrected chi connectivity index (χ0v) is 14.8. The first kappa shape index (κ1) is 18.3. The average Bonchev–Trinajstić information content (AvgIpc) is 2.61. The number of amides is 1. The van der Waals surface area contributed by atoms with Crippen molar-refractivity contribution in [3.63, 3.8) is 0 Å². The number of methoxy groups -OCH3 is 2. The van der Waals surface area contributed by atoms with Gasteiger partial charge in [0.2, 0.25) is 11.8 Å². The van der Waals surface area contributed by atoms with E-state index in [9.17, 15) is 4.79 Å². The normalized spacial score (nSPS) is 10.8. The number of carbonyl (C=O) groups is 1. The molecule has 0 radical (unpaired) electrons. The number of hydrogen-bond acceptors (Lipinski definition) is 5. The molecule has 0 spiro atoms. The lowest BCUT2D eigenvalue weighted by Crippen LogP contribution is -2.08. The molecular weight excluding hydrogens is 320 g/mol. The van der Waals surface area contributed by atoms with Gasteiger partial charge in [-0.25, -0.2) is 4.98 Å². The molecule has 2 aromatic rings. The Hall–Kier alpha value is -3.02. The number of nitrogens with one attached hydrogen (secondary N) is 1. The highest BCUT2D eigenvalue weighted by atomic mass is 16.5. The first-order valence-corrected chi connectivity index (χ1v) is 7.85. The topological polar surface area (TPSA) is 69.7 Å². The number of nitrogens with zero attached hydrogens (tertiary/aromatic N) is 1. The van der Waals surface area contributed by atoms with Gasteiger partial charge in [0.1, 0.15) is 0 Å². The monoisotopic (exact) mass is 342 g/mol. The van der Waals surface area contributed by atoms with Crippen LogP contribution in [0.5, 0.6) is 17.4 Å². The van der Waals surface area contributed by atoms with Crippen LogP contribution in [0, 0.1) is 0 Å². The number of benzene rings is 1. The van der Waals surface area contributed by atoms with E-state index in [-0.39, 0.29) is 12.0 Å². The third-order valence-electron chi connectivity index (χ3n) is 3.19. The van der Waals surface area contributed by atoms with Gasteiger partial charge in [-0.05, 0) is 43.7 Å². The molecule has 1 amide bonds. The smallest absolute Gasteiger partial charge is 0.248 e.